The van der Waals surface area contributed by atoms with Crippen molar-refractivity contribution in [3.63, 3.8) is 0 Å². The van der Waals surface area contributed by atoms with Crippen LogP contribution in [0.3, 0.4) is 0 Å². The summed E-state index contributed by atoms with van der Waals surface area (Å²) in [6.45, 7) is -5.12. The molecular weight excluding hydrogens is 364 g/mol. The molecular formula is C15H20N4O8. The second-order valence-corrected chi connectivity index (χ2v) is 5.49. The highest BCUT2D eigenvalue weighted by Gasteiger charge is 2.39. The first kappa shape index (κ1) is 13.0. The standard InChI is InChI=1S/C8H10N4O2.C7H10O6/c1-10-4-9-6-5(10)7(13)12(3)8(14)11(6)2;1-4(8)2-7(13,6(11)12)3-5(9)10/h4H,1-3H3;13H,2-3H2,1H3,(H,9,10)(H,11,12)/i2D3,3D3,4D;. The van der Waals surface area contributed by atoms with Gasteiger partial charge in [-0.1, -0.05) is 0 Å². The van der Waals surface area contributed by atoms with Gasteiger partial charge in [0, 0.05) is 35.6 Å². The fourth-order valence-corrected chi connectivity index (χ4v) is 2.03. The number of rotatable bonds is 5. The Labute approximate surface area is 161 Å². The van der Waals surface area contributed by atoms with Crippen molar-refractivity contribution in [3.05, 3.63) is 27.1 Å². The molecule has 0 radical (unpaired) electrons. The highest BCUT2D eigenvalue weighted by molar-refractivity contribution is 5.90. The Morgan fingerprint density at radius 1 is 1.22 bits per heavy atom. The van der Waals surface area contributed by atoms with E-state index in [2.05, 4.69) is 4.98 Å². The van der Waals surface area contributed by atoms with Gasteiger partial charge in [0.15, 0.2) is 16.8 Å². The number of hydrogen-bond donors (Lipinski definition) is 3. The normalized spacial score (nSPS) is 17.5. The summed E-state index contributed by atoms with van der Waals surface area (Å²) < 4.78 is 52.1. The van der Waals surface area contributed by atoms with Crippen LogP contribution in [-0.2, 0) is 35.4 Å². The Morgan fingerprint density at radius 2 is 1.81 bits per heavy atom. The fourth-order valence-electron chi connectivity index (χ4n) is 2.03. The van der Waals surface area contributed by atoms with Crippen LogP contribution in [0.2, 0.25) is 0 Å². The lowest BCUT2D eigenvalue weighted by Crippen LogP contribution is -2.42. The quantitative estimate of drug-likeness (QED) is 0.532. The molecule has 0 spiro atoms. The van der Waals surface area contributed by atoms with Crippen LogP contribution in [0.5, 0.6) is 0 Å². The molecule has 0 saturated carbocycles. The van der Waals surface area contributed by atoms with E-state index >= 15 is 0 Å². The van der Waals surface area contributed by atoms with Gasteiger partial charge in [-0.05, 0) is 6.92 Å². The third-order valence-electron chi connectivity index (χ3n) is 3.24. The highest BCUT2D eigenvalue weighted by Crippen LogP contribution is 2.16. The number of hydrogen-bond acceptors (Lipinski definition) is 7. The number of nitrogens with zero attached hydrogens (tertiary/aromatic N) is 4. The number of aromatic nitrogens is 4. The predicted molar refractivity (Wildman–Crippen MR) is 91.3 cm³/mol. The number of aliphatic hydroxyl groups is 1. The largest absolute Gasteiger partial charge is 0.481 e. The molecule has 0 aromatic carbocycles. The molecule has 2 aromatic rings. The van der Waals surface area contributed by atoms with Crippen molar-refractivity contribution in [1.29, 1.82) is 0 Å². The molecule has 148 valence electrons. The molecule has 1 unspecified atom stereocenters. The smallest absolute Gasteiger partial charge is 0.336 e. The fraction of sp³-hybridized carbons (Fsp3) is 0.467. The van der Waals surface area contributed by atoms with Crippen molar-refractivity contribution in [2.24, 2.45) is 21.0 Å². The van der Waals surface area contributed by atoms with E-state index in [0.717, 1.165) is 11.5 Å². The van der Waals surface area contributed by atoms with Crippen molar-refractivity contribution >= 4 is 28.9 Å². The first-order valence-electron chi connectivity index (χ1n) is 10.5. The molecule has 2 heterocycles. The summed E-state index contributed by atoms with van der Waals surface area (Å²) in [5, 5.41) is 26.0. The van der Waals surface area contributed by atoms with E-state index in [9.17, 15) is 29.1 Å². The monoisotopic (exact) mass is 391 g/mol. The van der Waals surface area contributed by atoms with E-state index in [4.69, 9.17) is 19.8 Å². The number of Topliss-reactive ketones (excluding diaryl/α,β-unsaturated/α-hetero) is 1. The van der Waals surface area contributed by atoms with Crippen LogP contribution in [0.15, 0.2) is 15.9 Å². The number of carboxylic acid groups (broad SMARTS) is 2. The number of carboxylic acids is 2. The van der Waals surface area contributed by atoms with Gasteiger partial charge in [0.05, 0.1) is 12.7 Å². The minimum absolute atomic E-state index is 0.122. The lowest BCUT2D eigenvalue weighted by Gasteiger charge is -2.19. The summed E-state index contributed by atoms with van der Waals surface area (Å²) in [6.07, 6.45) is -2.15. The number of aliphatic carboxylic acids is 2. The Balaban J connectivity index is 0.000000385. The molecule has 0 bridgehead atoms. The molecule has 0 aliphatic heterocycles. The summed E-state index contributed by atoms with van der Waals surface area (Å²) in [4.78, 5) is 59.0. The zero-order chi connectivity index (χ0) is 27.0. The summed E-state index contributed by atoms with van der Waals surface area (Å²) in [6, 6.07) is 0. The first-order valence-corrected chi connectivity index (χ1v) is 7.04. The van der Waals surface area contributed by atoms with Gasteiger partial charge in [0.25, 0.3) is 5.56 Å². The average molecular weight is 391 g/mol. The second kappa shape index (κ2) is 7.95. The first-order chi connectivity index (χ1) is 15.1. The molecule has 0 aliphatic carbocycles. The Bertz CT molecular complexity index is 1240. The van der Waals surface area contributed by atoms with Crippen LogP contribution in [0.1, 0.15) is 29.4 Å². The van der Waals surface area contributed by atoms with E-state index in [1.54, 1.807) is 0 Å². The molecule has 27 heavy (non-hydrogen) atoms. The molecule has 0 saturated heterocycles. The van der Waals surface area contributed by atoms with E-state index in [-0.39, 0.29) is 9.13 Å². The van der Waals surface area contributed by atoms with Crippen LogP contribution in [0, 0.1) is 0 Å². The minimum Gasteiger partial charge on any atom is -0.481 e. The van der Waals surface area contributed by atoms with Gasteiger partial charge in [0.1, 0.15) is 7.15 Å². The highest BCUT2D eigenvalue weighted by atomic mass is 16.4. The van der Waals surface area contributed by atoms with Gasteiger partial charge < -0.3 is 19.9 Å². The Morgan fingerprint density at radius 3 is 2.26 bits per heavy atom. The number of carbonyl (C=O) groups is 3. The molecule has 0 amide bonds. The van der Waals surface area contributed by atoms with Crippen LogP contribution >= 0.6 is 0 Å². The van der Waals surface area contributed by atoms with E-state index in [0.29, 0.717) is 0 Å². The maximum Gasteiger partial charge on any atom is 0.336 e. The zero-order valence-corrected chi connectivity index (χ0v) is 14.1. The molecule has 2 aromatic heterocycles. The summed E-state index contributed by atoms with van der Waals surface area (Å²) >= 11 is 0. The number of carbonyl (C=O) groups excluding carboxylic acids is 1. The van der Waals surface area contributed by atoms with E-state index < -0.39 is 78.8 Å². The van der Waals surface area contributed by atoms with Crippen LogP contribution < -0.4 is 11.2 Å². The zero-order valence-electron chi connectivity index (χ0n) is 21.1. The third kappa shape index (κ3) is 4.67. The summed E-state index contributed by atoms with van der Waals surface area (Å²) in [7, 11) is 1.25. The average Bonchev–Trinajstić information content (AvgIpc) is 2.86. The molecule has 3 N–H and O–H groups in total. The Kier molecular flexibility index (Phi) is 3.82. The topological polar surface area (TPSA) is 174 Å². The van der Waals surface area contributed by atoms with Gasteiger partial charge in [-0.2, -0.15) is 0 Å². The van der Waals surface area contributed by atoms with Gasteiger partial charge in [0.2, 0.25) is 0 Å². The van der Waals surface area contributed by atoms with Crippen molar-refractivity contribution < 1.29 is 39.3 Å². The molecule has 0 fully saturated rings. The van der Waals surface area contributed by atoms with Crippen LogP contribution in [0.25, 0.3) is 11.2 Å². The van der Waals surface area contributed by atoms with Crippen molar-refractivity contribution in [1.82, 2.24) is 18.7 Å². The van der Waals surface area contributed by atoms with Gasteiger partial charge in [-0.15, -0.1) is 0 Å². The predicted octanol–water partition coefficient (Wildman–Crippen LogP) is -1.77. The third-order valence-corrected chi connectivity index (χ3v) is 3.24. The lowest BCUT2D eigenvalue weighted by molar-refractivity contribution is -0.167. The molecule has 0 aliphatic rings. The van der Waals surface area contributed by atoms with E-state index in [1.807, 2.05) is 0 Å². The summed E-state index contributed by atoms with van der Waals surface area (Å²) in [5.41, 5.74) is -6.21. The Hall–Kier alpha value is -3.28. The second-order valence-electron chi connectivity index (χ2n) is 5.49. The lowest BCUT2D eigenvalue weighted by atomic mass is 9.94. The maximum absolute atomic E-state index is 12.2. The van der Waals surface area contributed by atoms with Crippen LogP contribution in [0.4, 0.5) is 0 Å². The van der Waals surface area contributed by atoms with Crippen molar-refractivity contribution in [3.8, 4) is 0 Å². The molecule has 12 heteroatoms. The summed E-state index contributed by atoms with van der Waals surface area (Å²) in [5.74, 6) is -3.75. The molecule has 1 atom stereocenters. The number of aryl methyl sites for hydroxylation is 2. The van der Waals surface area contributed by atoms with Gasteiger partial charge >= 0.3 is 17.6 Å². The number of imidazole rings is 1. The van der Waals surface area contributed by atoms with Gasteiger partial charge in [-0.3, -0.25) is 23.5 Å². The molecule has 12 nitrogen and oxygen atoms in total. The maximum atomic E-state index is 12.2. The van der Waals surface area contributed by atoms with Crippen molar-refractivity contribution in [2.45, 2.75) is 25.4 Å². The number of fused-ring (bicyclic) bond motifs is 1. The van der Waals surface area contributed by atoms with Crippen molar-refractivity contribution in [2.75, 3.05) is 0 Å². The van der Waals surface area contributed by atoms with Gasteiger partial charge in [-0.25, -0.2) is 14.6 Å². The number of ketones is 1. The minimum atomic E-state index is -3.15. The molecule has 2 rings (SSSR count). The van der Waals surface area contributed by atoms with Crippen LogP contribution in [-0.4, -0.2) is 57.3 Å². The van der Waals surface area contributed by atoms with E-state index in [1.165, 1.54) is 7.05 Å². The SMILES string of the molecule is CC(=O)CC(O)(CC(=O)O)C(=O)O.[2H]c1nc2c(c(=O)n(C([2H])([2H])[2H])c(=O)n2C([2H])([2H])[2H])n1C.